The van der Waals surface area contributed by atoms with Crippen LogP contribution in [0.4, 0.5) is 5.69 Å². The van der Waals surface area contributed by atoms with Gasteiger partial charge in [-0.15, -0.1) is 0 Å². The van der Waals surface area contributed by atoms with Crippen molar-refractivity contribution in [2.24, 2.45) is 0 Å². The highest BCUT2D eigenvalue weighted by Gasteiger charge is 2.12. The van der Waals surface area contributed by atoms with E-state index in [2.05, 4.69) is 10.3 Å². The Morgan fingerprint density at radius 2 is 2.19 bits per heavy atom. The molecular formula is C12H10N2O2. The highest BCUT2D eigenvalue weighted by molar-refractivity contribution is 6.03. The van der Waals surface area contributed by atoms with Gasteiger partial charge < -0.3 is 15.0 Å². The van der Waals surface area contributed by atoms with Crippen LogP contribution in [-0.4, -0.2) is 12.1 Å². The van der Waals surface area contributed by atoms with Crippen LogP contribution in [0.1, 0.15) is 5.56 Å². The van der Waals surface area contributed by atoms with E-state index in [9.17, 15) is 4.79 Å². The second kappa shape index (κ2) is 3.13. The summed E-state index contributed by atoms with van der Waals surface area (Å²) >= 11 is 0. The Labute approximate surface area is 91.6 Å². The van der Waals surface area contributed by atoms with E-state index in [1.54, 1.807) is 13.2 Å². The lowest BCUT2D eigenvalue weighted by atomic mass is 10.0. The van der Waals surface area contributed by atoms with Crippen molar-refractivity contribution in [3.8, 4) is 5.75 Å². The Hall–Kier alpha value is -2.23. The average molecular weight is 214 g/mol. The molecule has 4 nitrogen and oxygen atoms in total. The van der Waals surface area contributed by atoms with E-state index in [0.29, 0.717) is 5.75 Å². The smallest absolute Gasteiger partial charge is 0.249 e. The summed E-state index contributed by atoms with van der Waals surface area (Å²) in [5.41, 5.74) is 2.50. The van der Waals surface area contributed by atoms with Crippen LogP contribution in [0.25, 0.3) is 17.0 Å². The van der Waals surface area contributed by atoms with Crippen LogP contribution in [0.5, 0.6) is 5.75 Å². The molecule has 1 aromatic heterocycles. The predicted molar refractivity (Wildman–Crippen MR) is 63.8 cm³/mol. The van der Waals surface area contributed by atoms with Crippen LogP contribution >= 0.6 is 0 Å². The maximum absolute atomic E-state index is 11.5. The Kier molecular flexibility index (Phi) is 1.77. The van der Waals surface area contributed by atoms with Gasteiger partial charge in [-0.05, 0) is 23.8 Å². The van der Waals surface area contributed by atoms with Crippen molar-refractivity contribution in [3.05, 3.63) is 40.3 Å². The Morgan fingerprint density at radius 3 is 3.00 bits per heavy atom. The lowest BCUT2D eigenvalue weighted by Crippen LogP contribution is -2.08. The van der Waals surface area contributed by atoms with Crippen LogP contribution in [0.2, 0.25) is 0 Å². The third-order valence-electron chi connectivity index (χ3n) is 2.71. The highest BCUT2D eigenvalue weighted by Crippen LogP contribution is 2.34. The van der Waals surface area contributed by atoms with Gasteiger partial charge >= 0.3 is 0 Å². The van der Waals surface area contributed by atoms with E-state index in [1.165, 1.54) is 0 Å². The van der Waals surface area contributed by atoms with Gasteiger partial charge in [0, 0.05) is 23.3 Å². The second-order valence-electron chi connectivity index (χ2n) is 3.63. The molecule has 1 aliphatic rings. The van der Waals surface area contributed by atoms with Crippen LogP contribution in [-0.2, 0) is 0 Å². The quantitative estimate of drug-likeness (QED) is 0.762. The summed E-state index contributed by atoms with van der Waals surface area (Å²) in [6.45, 7) is 0. The predicted octanol–water partition coefficient (Wildman–Crippen LogP) is 1.93. The first kappa shape index (κ1) is 9.03. The van der Waals surface area contributed by atoms with Gasteiger partial charge in [0.15, 0.2) is 0 Å². The highest BCUT2D eigenvalue weighted by atomic mass is 16.5. The van der Waals surface area contributed by atoms with Crippen LogP contribution in [0.3, 0.4) is 0 Å². The number of benzene rings is 1. The maximum atomic E-state index is 11.5. The van der Waals surface area contributed by atoms with E-state index >= 15 is 0 Å². The number of rotatable bonds is 1. The van der Waals surface area contributed by atoms with Gasteiger partial charge in [-0.2, -0.15) is 0 Å². The third-order valence-corrected chi connectivity index (χ3v) is 2.71. The summed E-state index contributed by atoms with van der Waals surface area (Å²) in [4.78, 5) is 14.3. The summed E-state index contributed by atoms with van der Waals surface area (Å²) in [7, 11) is 1.59. The first-order chi connectivity index (χ1) is 7.79. The van der Waals surface area contributed by atoms with E-state index in [-0.39, 0.29) is 5.56 Å². The fourth-order valence-electron chi connectivity index (χ4n) is 2.02. The zero-order valence-corrected chi connectivity index (χ0v) is 8.70. The van der Waals surface area contributed by atoms with Gasteiger partial charge in [0.05, 0.1) is 12.6 Å². The first-order valence-corrected chi connectivity index (χ1v) is 4.97. The summed E-state index contributed by atoms with van der Waals surface area (Å²) in [6, 6.07) is 5.36. The molecule has 1 aromatic carbocycles. The summed E-state index contributed by atoms with van der Waals surface area (Å²) in [5, 5.41) is 4.13. The minimum Gasteiger partial charge on any atom is -0.495 e. The molecule has 16 heavy (non-hydrogen) atoms. The largest absolute Gasteiger partial charge is 0.495 e. The van der Waals surface area contributed by atoms with Crippen molar-refractivity contribution in [3.63, 3.8) is 0 Å². The molecule has 0 saturated heterocycles. The molecule has 0 fully saturated rings. The molecule has 0 spiro atoms. The van der Waals surface area contributed by atoms with Crippen LogP contribution < -0.4 is 15.6 Å². The minimum absolute atomic E-state index is 0.121. The number of aromatic amines is 1. The zero-order chi connectivity index (χ0) is 11.1. The molecule has 2 aromatic rings. The molecule has 2 heterocycles. The first-order valence-electron chi connectivity index (χ1n) is 4.97. The molecular weight excluding hydrogens is 204 g/mol. The number of ether oxygens (including phenoxy) is 1. The van der Waals surface area contributed by atoms with Gasteiger partial charge in [0.25, 0.3) is 0 Å². The molecule has 0 amide bonds. The lowest BCUT2D eigenvalue weighted by molar-refractivity contribution is 0.419. The van der Waals surface area contributed by atoms with Crippen molar-refractivity contribution in [2.75, 3.05) is 12.4 Å². The number of pyridine rings is 1. The molecule has 0 radical (unpaired) electrons. The average Bonchev–Trinajstić information content (AvgIpc) is 2.29. The molecule has 0 unspecified atom stereocenters. The molecule has 80 valence electrons. The standard InChI is InChI=1S/C12H10N2O2/c1-16-9-3-2-8-11-7(4-5-13-8)6-10(15)14-12(9)11/h2-6,13H,1H3,(H,14,15). The molecule has 0 bridgehead atoms. The van der Waals surface area contributed by atoms with E-state index in [0.717, 1.165) is 22.2 Å². The number of hydrogen-bond acceptors (Lipinski definition) is 3. The molecule has 4 heteroatoms. The molecule has 3 rings (SSSR count). The number of H-pyrrole nitrogens is 1. The summed E-state index contributed by atoms with van der Waals surface area (Å²) in [5.74, 6) is 0.676. The van der Waals surface area contributed by atoms with Gasteiger partial charge in [-0.1, -0.05) is 0 Å². The molecule has 1 aliphatic heterocycles. The number of nitrogens with one attached hydrogen (secondary N) is 2. The number of methoxy groups -OCH3 is 1. The Morgan fingerprint density at radius 1 is 1.31 bits per heavy atom. The lowest BCUT2D eigenvalue weighted by Gasteiger charge is -2.15. The van der Waals surface area contributed by atoms with Gasteiger partial charge in [0.1, 0.15) is 5.75 Å². The van der Waals surface area contributed by atoms with Gasteiger partial charge in [-0.3, -0.25) is 4.79 Å². The second-order valence-corrected chi connectivity index (χ2v) is 3.63. The number of hydrogen-bond donors (Lipinski definition) is 2. The monoisotopic (exact) mass is 214 g/mol. The Balaban J connectivity index is 2.54. The fourth-order valence-corrected chi connectivity index (χ4v) is 2.02. The van der Waals surface area contributed by atoms with E-state index in [1.807, 2.05) is 24.4 Å². The SMILES string of the molecule is COc1ccc2c3c(cc(=O)[nH]c13)C=CN2. The van der Waals surface area contributed by atoms with Crippen LogP contribution in [0, 0.1) is 0 Å². The molecule has 0 saturated carbocycles. The van der Waals surface area contributed by atoms with Gasteiger partial charge in [0.2, 0.25) is 5.56 Å². The summed E-state index contributed by atoms with van der Waals surface area (Å²) < 4.78 is 5.24. The maximum Gasteiger partial charge on any atom is 0.249 e. The molecule has 0 aliphatic carbocycles. The van der Waals surface area contributed by atoms with Crippen molar-refractivity contribution in [1.82, 2.24) is 4.98 Å². The fraction of sp³-hybridized carbons (Fsp3) is 0.0833. The number of aromatic nitrogens is 1. The van der Waals surface area contributed by atoms with Crippen molar-refractivity contribution < 1.29 is 4.74 Å². The van der Waals surface area contributed by atoms with Crippen molar-refractivity contribution in [1.29, 1.82) is 0 Å². The topological polar surface area (TPSA) is 54.1 Å². The molecule has 0 atom stereocenters. The zero-order valence-electron chi connectivity index (χ0n) is 8.70. The van der Waals surface area contributed by atoms with Crippen LogP contribution in [0.15, 0.2) is 29.2 Å². The van der Waals surface area contributed by atoms with Crippen molar-refractivity contribution >= 4 is 22.7 Å². The minimum atomic E-state index is -0.121. The molecule has 2 N–H and O–H groups in total. The van der Waals surface area contributed by atoms with E-state index < -0.39 is 0 Å². The van der Waals surface area contributed by atoms with Crippen molar-refractivity contribution in [2.45, 2.75) is 0 Å². The Bertz CT molecular complexity index is 656. The third kappa shape index (κ3) is 1.13. The van der Waals surface area contributed by atoms with Gasteiger partial charge in [-0.25, -0.2) is 0 Å². The normalized spacial score (nSPS) is 12.6. The number of anilines is 1. The summed E-state index contributed by atoms with van der Waals surface area (Å²) in [6.07, 6.45) is 3.70. The van der Waals surface area contributed by atoms with E-state index in [4.69, 9.17) is 4.74 Å².